The number of aliphatic hydroxyl groups excluding tert-OH is 1. The second kappa shape index (κ2) is 20.8. The molecular formula is C50H61N2O8S2+. The molecule has 3 N–H and O–H groups in total. The highest BCUT2D eigenvalue weighted by atomic mass is 32.2. The molecular weight excluding hydrogens is 821 g/mol. The van der Waals surface area contributed by atoms with Crippen molar-refractivity contribution in [2.75, 3.05) is 25.4 Å². The molecule has 0 bridgehead atoms. The average Bonchev–Trinajstić information content (AvgIpc) is 3.60. The molecule has 0 saturated heterocycles. The van der Waals surface area contributed by atoms with Crippen LogP contribution in [0.3, 0.4) is 0 Å². The normalized spacial score (nSPS) is 18.9. The molecule has 0 radical (unpaired) electrons. The molecule has 0 atom stereocenters. The van der Waals surface area contributed by atoms with E-state index < -0.39 is 10.1 Å². The van der Waals surface area contributed by atoms with Crippen molar-refractivity contribution in [3.8, 4) is 5.75 Å². The van der Waals surface area contributed by atoms with Gasteiger partial charge in [0.25, 0.3) is 10.1 Å². The fourth-order valence-electron chi connectivity index (χ4n) is 9.20. The van der Waals surface area contributed by atoms with Gasteiger partial charge in [-0.15, -0.1) is 4.33 Å². The fraction of sp³-hybridized carbons (Fsp3) is 0.380. The van der Waals surface area contributed by atoms with Crippen molar-refractivity contribution in [1.82, 2.24) is 4.90 Å². The van der Waals surface area contributed by atoms with Gasteiger partial charge < -0.3 is 14.7 Å². The predicted molar refractivity (Wildman–Crippen MR) is 250 cm³/mol. The van der Waals surface area contributed by atoms with Crippen LogP contribution in [0.4, 0.5) is 5.69 Å². The molecule has 3 aliphatic rings. The Morgan fingerprint density at radius 2 is 1.63 bits per heavy atom. The minimum Gasteiger partial charge on any atom is -0.457 e. The van der Waals surface area contributed by atoms with Gasteiger partial charge in [0.1, 0.15) is 18.1 Å². The average molecular weight is 882 g/mol. The molecule has 2 heterocycles. The van der Waals surface area contributed by atoms with Crippen molar-refractivity contribution < 1.29 is 42.0 Å². The first-order valence-corrected chi connectivity index (χ1v) is 23.9. The number of unbranched alkanes of at least 4 members (excludes halogenated alkanes) is 4. The van der Waals surface area contributed by atoms with E-state index in [-0.39, 0.29) is 22.3 Å². The Hall–Kier alpha value is -4.53. The molecule has 0 amide bonds. The van der Waals surface area contributed by atoms with Gasteiger partial charge in [0.15, 0.2) is 5.71 Å². The van der Waals surface area contributed by atoms with Crippen LogP contribution in [-0.2, 0) is 24.9 Å². The van der Waals surface area contributed by atoms with Crippen LogP contribution in [0.5, 0.6) is 5.75 Å². The van der Waals surface area contributed by atoms with Gasteiger partial charge in [-0.3, -0.25) is 4.55 Å². The van der Waals surface area contributed by atoms with E-state index in [0.717, 1.165) is 111 Å². The maximum absolute atomic E-state index is 11.9. The second-order valence-electron chi connectivity index (χ2n) is 17.0. The van der Waals surface area contributed by atoms with Crippen LogP contribution in [0.2, 0.25) is 0 Å². The van der Waals surface area contributed by atoms with Gasteiger partial charge in [0, 0.05) is 71.9 Å². The van der Waals surface area contributed by atoms with Crippen molar-refractivity contribution >= 4 is 44.3 Å². The molecule has 3 aromatic rings. The summed E-state index contributed by atoms with van der Waals surface area (Å²) in [7, 11) is -4.38. The number of fused-ring (bicyclic) bond motifs is 3. The first-order valence-electron chi connectivity index (χ1n) is 21.5. The number of benzene rings is 3. The number of hydrogen-bond acceptors (Lipinski definition) is 9. The van der Waals surface area contributed by atoms with Gasteiger partial charge >= 0.3 is 0 Å². The third-order valence-corrected chi connectivity index (χ3v) is 13.7. The van der Waals surface area contributed by atoms with Crippen LogP contribution < -0.4 is 4.74 Å². The van der Waals surface area contributed by atoms with Crippen molar-refractivity contribution in [1.29, 1.82) is 0 Å². The number of ether oxygens (including phenoxy) is 1. The molecule has 10 nitrogen and oxygen atoms in total. The van der Waals surface area contributed by atoms with Crippen molar-refractivity contribution in [2.24, 2.45) is 5.41 Å². The predicted octanol–water partition coefficient (Wildman–Crippen LogP) is 11.7. The minimum absolute atomic E-state index is 0.202. The van der Waals surface area contributed by atoms with Crippen LogP contribution in [0.15, 0.2) is 149 Å². The Kier molecular flexibility index (Phi) is 15.7. The second-order valence-corrected chi connectivity index (χ2v) is 19.2. The Morgan fingerprint density at radius 3 is 2.34 bits per heavy atom. The maximum Gasteiger partial charge on any atom is 0.294 e. The summed E-state index contributed by atoms with van der Waals surface area (Å²) in [6.07, 6.45) is 20.5. The first kappa shape index (κ1) is 47.0. The van der Waals surface area contributed by atoms with E-state index in [1.54, 1.807) is 12.1 Å². The zero-order chi connectivity index (χ0) is 44.5. The summed E-state index contributed by atoms with van der Waals surface area (Å²) in [5.74, 6) is 1.82. The van der Waals surface area contributed by atoms with E-state index in [4.69, 9.17) is 9.99 Å². The van der Waals surface area contributed by atoms with E-state index in [1.165, 1.54) is 39.9 Å². The quantitative estimate of drug-likeness (QED) is 0.0237. The lowest BCUT2D eigenvalue weighted by atomic mass is 9.78. The molecule has 1 aliphatic carbocycles. The number of nitrogens with zero attached hydrogens (tertiary/aromatic N) is 2. The molecule has 0 fully saturated rings. The molecule has 2 aliphatic heterocycles. The third kappa shape index (κ3) is 10.3. The van der Waals surface area contributed by atoms with Crippen LogP contribution in [-0.4, -0.2) is 64.0 Å². The monoisotopic (exact) mass is 881 g/mol. The summed E-state index contributed by atoms with van der Waals surface area (Å²) in [5.41, 5.74) is 8.28. The number of hydrogen-bond donors (Lipinski definition) is 3. The lowest BCUT2D eigenvalue weighted by molar-refractivity contribution is -0.438. The number of allylic oxidation sites excluding steroid dienone is 9. The zero-order valence-corrected chi connectivity index (χ0v) is 38.1. The van der Waals surface area contributed by atoms with E-state index in [1.807, 2.05) is 12.2 Å². The highest BCUT2D eigenvalue weighted by Crippen LogP contribution is 2.48. The standard InChI is InChI=1S/C50H60N2O8S2/c1-7-42-43(8-2)51(33-14-16-35-61-60-59-54)45(49(42,3)4)30-23-37-19-17-20-38(48(37)58-39-25-27-40(28-26-39)62(55,56)57)24-31-46-50(5,6)47-41-21-12-11-18-36(41)22-29-44(47)52(46)32-13-9-10-15-34-53/h7-8,11-12,18,21-31,53H,1-2,9-10,13-17,19-20,32-35H2,3-6H3,(H-,54,55,56,57)/p+1. The molecule has 12 heteroatoms. The van der Waals surface area contributed by atoms with Crippen molar-refractivity contribution in [3.05, 3.63) is 150 Å². The number of rotatable bonds is 21. The fourth-order valence-corrected chi connectivity index (χ4v) is 10.1. The summed E-state index contributed by atoms with van der Waals surface area (Å²) >= 11 is 1.05. The molecule has 0 unspecified atom stereocenters. The summed E-state index contributed by atoms with van der Waals surface area (Å²) < 4.78 is 47.4. The summed E-state index contributed by atoms with van der Waals surface area (Å²) in [4.78, 5) is 2.10. The first-order chi connectivity index (χ1) is 29.8. The molecule has 6 rings (SSSR count). The summed E-state index contributed by atoms with van der Waals surface area (Å²) in [6.45, 7) is 19.1. The van der Waals surface area contributed by atoms with Crippen molar-refractivity contribution in [3.63, 3.8) is 0 Å². The summed E-state index contributed by atoms with van der Waals surface area (Å²) in [6, 6.07) is 18.9. The Bertz CT molecular complexity index is 2440. The Labute approximate surface area is 371 Å². The third-order valence-electron chi connectivity index (χ3n) is 12.3. The molecule has 0 saturated carbocycles. The molecule has 0 aromatic heterocycles. The Balaban J connectivity index is 1.44. The minimum atomic E-state index is -4.38. The van der Waals surface area contributed by atoms with E-state index in [0.29, 0.717) is 17.3 Å². The molecule has 62 heavy (non-hydrogen) atoms. The molecule has 3 aromatic carbocycles. The van der Waals surface area contributed by atoms with Gasteiger partial charge in [-0.1, -0.05) is 74.9 Å². The SMILES string of the molecule is C=CC1=C(C=C)C(C)(C)/C(=C\C=C2/CCCC(/C=C/C3=[N+](CCCCCCO)c4ccc5ccccc5c4C3(C)C)=C2Oc2ccc(S(=O)(=O)O)cc2)N1CCCCSOOO. The topological polar surface area (TPSA) is 129 Å². The highest BCUT2D eigenvalue weighted by molar-refractivity contribution is 7.94. The lowest BCUT2D eigenvalue weighted by Gasteiger charge is -2.29. The Morgan fingerprint density at radius 1 is 0.871 bits per heavy atom. The van der Waals surface area contributed by atoms with Gasteiger partial charge in [0.05, 0.1) is 10.3 Å². The van der Waals surface area contributed by atoms with Gasteiger partial charge in [-0.25, -0.2) is 5.26 Å². The van der Waals surface area contributed by atoms with E-state index >= 15 is 0 Å². The van der Waals surface area contributed by atoms with E-state index in [2.05, 4.69) is 120 Å². The highest BCUT2D eigenvalue weighted by Gasteiger charge is 2.45. The van der Waals surface area contributed by atoms with Gasteiger partial charge in [0.2, 0.25) is 5.69 Å². The van der Waals surface area contributed by atoms with E-state index in [9.17, 15) is 18.1 Å². The lowest BCUT2D eigenvalue weighted by Crippen LogP contribution is -2.28. The molecule has 330 valence electrons. The number of aliphatic hydroxyl groups is 1. The van der Waals surface area contributed by atoms with Crippen molar-refractivity contribution in [2.45, 2.75) is 95.8 Å². The van der Waals surface area contributed by atoms with Crippen LogP contribution in [0.1, 0.15) is 91.0 Å². The maximum atomic E-state index is 11.9. The van der Waals surface area contributed by atoms with Gasteiger partial charge in [-0.2, -0.15) is 13.0 Å². The zero-order valence-electron chi connectivity index (χ0n) is 36.4. The molecule has 0 spiro atoms. The van der Waals surface area contributed by atoms with Crippen LogP contribution in [0.25, 0.3) is 10.8 Å². The van der Waals surface area contributed by atoms with Gasteiger partial charge in [-0.05, 0) is 135 Å². The smallest absolute Gasteiger partial charge is 0.294 e. The summed E-state index contributed by atoms with van der Waals surface area (Å²) in [5, 5.41) is 24.1. The van der Waals surface area contributed by atoms with Crippen LogP contribution in [0, 0.1) is 5.41 Å². The largest absolute Gasteiger partial charge is 0.457 e. The van der Waals surface area contributed by atoms with Crippen LogP contribution >= 0.6 is 12.0 Å².